The highest BCUT2D eigenvalue weighted by Crippen LogP contribution is 2.41. The molecule has 0 aliphatic heterocycles. The molecule has 2 heterocycles. The van der Waals surface area contributed by atoms with Gasteiger partial charge in [0.25, 0.3) is 0 Å². The van der Waals surface area contributed by atoms with Gasteiger partial charge in [0.2, 0.25) is 0 Å². The molecule has 0 spiro atoms. The van der Waals surface area contributed by atoms with Crippen LogP contribution in [0.5, 0.6) is 0 Å². The fraction of sp³-hybridized carbons (Fsp3) is 0.225. The Hall–Kier alpha value is -4.43. The lowest BCUT2D eigenvalue weighted by molar-refractivity contribution is 0.657. The van der Waals surface area contributed by atoms with Gasteiger partial charge in [-0.25, -0.2) is 0 Å². The molecule has 5 aromatic carbocycles. The van der Waals surface area contributed by atoms with Crippen LogP contribution in [0.4, 0.5) is 0 Å². The minimum absolute atomic E-state index is 0.326. The standard InChI is InChI=1S/C40H37NO/c1-23(2)29-11-9-12-30(24(3)4)38(29)27-15-16-31-26(20-27)14-17-34-32(31)18-19-41-39(34)28-21-35(25(5)6)40-36(22-28)33-10-7-8-13-37(33)42-40/h7-25H,1-6H3. The largest absolute Gasteiger partial charge is 0.456 e. The third-order valence-electron chi connectivity index (χ3n) is 8.83. The number of aromatic nitrogens is 1. The molecule has 2 aromatic heterocycles. The molecule has 2 heteroatoms. The summed E-state index contributed by atoms with van der Waals surface area (Å²) in [6.07, 6.45) is 1.96. The maximum atomic E-state index is 6.35. The molecule has 0 N–H and O–H groups in total. The zero-order chi connectivity index (χ0) is 29.1. The lowest BCUT2D eigenvalue weighted by Gasteiger charge is -2.20. The average Bonchev–Trinajstić information content (AvgIpc) is 3.38. The molecular formula is C40H37NO. The zero-order valence-corrected chi connectivity index (χ0v) is 25.3. The molecule has 0 fully saturated rings. The van der Waals surface area contributed by atoms with E-state index in [4.69, 9.17) is 9.40 Å². The first-order valence-corrected chi connectivity index (χ1v) is 15.2. The highest BCUT2D eigenvalue weighted by Gasteiger charge is 2.19. The second kappa shape index (κ2) is 10.1. The summed E-state index contributed by atoms with van der Waals surface area (Å²) in [6.45, 7) is 13.6. The molecule has 0 unspecified atom stereocenters. The molecular weight excluding hydrogens is 510 g/mol. The molecule has 0 radical (unpaired) electrons. The molecule has 208 valence electrons. The normalized spacial score (nSPS) is 12.2. The van der Waals surface area contributed by atoms with Crippen molar-refractivity contribution in [3.8, 4) is 22.4 Å². The van der Waals surface area contributed by atoms with Crippen LogP contribution in [0.15, 0.2) is 102 Å². The Bertz CT molecular complexity index is 2100. The van der Waals surface area contributed by atoms with Gasteiger partial charge in [-0.1, -0.05) is 102 Å². The van der Waals surface area contributed by atoms with Crippen molar-refractivity contribution < 1.29 is 4.42 Å². The fourth-order valence-electron chi connectivity index (χ4n) is 6.68. The van der Waals surface area contributed by atoms with Crippen LogP contribution in [-0.2, 0) is 0 Å². The van der Waals surface area contributed by atoms with Crippen LogP contribution in [0, 0.1) is 0 Å². The Labute approximate surface area is 248 Å². The molecule has 2 nitrogen and oxygen atoms in total. The monoisotopic (exact) mass is 547 g/mol. The van der Waals surface area contributed by atoms with E-state index in [0.29, 0.717) is 17.8 Å². The Morgan fingerprint density at radius 2 is 1.24 bits per heavy atom. The van der Waals surface area contributed by atoms with E-state index in [1.54, 1.807) is 0 Å². The third kappa shape index (κ3) is 4.20. The lowest BCUT2D eigenvalue weighted by Crippen LogP contribution is -1.99. The van der Waals surface area contributed by atoms with E-state index in [2.05, 4.69) is 126 Å². The molecule has 7 aromatic rings. The maximum Gasteiger partial charge on any atom is 0.138 e. The number of nitrogens with zero attached hydrogens (tertiary/aromatic N) is 1. The molecule has 0 saturated carbocycles. The number of para-hydroxylation sites is 1. The van der Waals surface area contributed by atoms with E-state index in [1.165, 1.54) is 49.4 Å². The van der Waals surface area contributed by atoms with E-state index in [1.807, 2.05) is 12.3 Å². The molecule has 0 saturated heterocycles. The summed E-state index contributed by atoms with van der Waals surface area (Å²) in [6, 6.07) is 33.4. The summed E-state index contributed by atoms with van der Waals surface area (Å²) in [7, 11) is 0. The van der Waals surface area contributed by atoms with Crippen LogP contribution in [-0.4, -0.2) is 4.98 Å². The zero-order valence-electron chi connectivity index (χ0n) is 25.3. The predicted octanol–water partition coefficient (Wildman–Crippen LogP) is 12.0. The van der Waals surface area contributed by atoms with Crippen molar-refractivity contribution in [1.82, 2.24) is 4.98 Å². The van der Waals surface area contributed by atoms with Crippen LogP contribution in [0.2, 0.25) is 0 Å². The average molecular weight is 548 g/mol. The van der Waals surface area contributed by atoms with E-state index in [0.717, 1.165) is 33.2 Å². The molecule has 0 atom stereocenters. The number of hydrogen-bond acceptors (Lipinski definition) is 2. The maximum absolute atomic E-state index is 6.35. The lowest BCUT2D eigenvalue weighted by atomic mass is 9.84. The van der Waals surface area contributed by atoms with Gasteiger partial charge in [0.05, 0.1) is 5.69 Å². The van der Waals surface area contributed by atoms with Crippen LogP contribution in [0.1, 0.15) is 76.0 Å². The van der Waals surface area contributed by atoms with E-state index < -0.39 is 0 Å². The summed E-state index contributed by atoms with van der Waals surface area (Å²) in [5, 5.41) is 7.22. The second-order valence-electron chi connectivity index (χ2n) is 12.6. The van der Waals surface area contributed by atoms with Gasteiger partial charge in [0, 0.05) is 27.9 Å². The van der Waals surface area contributed by atoms with Crippen molar-refractivity contribution in [3.63, 3.8) is 0 Å². The van der Waals surface area contributed by atoms with Crippen molar-refractivity contribution >= 4 is 43.5 Å². The van der Waals surface area contributed by atoms with Gasteiger partial charge < -0.3 is 4.42 Å². The predicted molar refractivity (Wildman–Crippen MR) is 180 cm³/mol. The molecule has 0 aliphatic carbocycles. The summed E-state index contributed by atoms with van der Waals surface area (Å²) >= 11 is 0. The number of hydrogen-bond donors (Lipinski definition) is 0. The van der Waals surface area contributed by atoms with E-state index in [-0.39, 0.29) is 0 Å². The first-order chi connectivity index (χ1) is 20.3. The quantitative estimate of drug-likeness (QED) is 0.200. The first kappa shape index (κ1) is 26.5. The summed E-state index contributed by atoms with van der Waals surface area (Å²) < 4.78 is 6.35. The fourth-order valence-corrected chi connectivity index (χ4v) is 6.68. The summed E-state index contributed by atoms with van der Waals surface area (Å²) in [5.74, 6) is 1.24. The second-order valence-corrected chi connectivity index (χ2v) is 12.6. The highest BCUT2D eigenvalue weighted by molar-refractivity contribution is 6.13. The highest BCUT2D eigenvalue weighted by atomic mass is 16.3. The van der Waals surface area contributed by atoms with Crippen LogP contribution in [0.3, 0.4) is 0 Å². The van der Waals surface area contributed by atoms with Crippen LogP contribution in [0.25, 0.3) is 65.9 Å². The SMILES string of the molecule is CC(C)c1cccc(C(C)C)c1-c1ccc2c(ccc3c(-c4cc(C(C)C)c5oc6ccccc6c5c4)nccc32)c1. The van der Waals surface area contributed by atoms with Crippen molar-refractivity contribution in [2.45, 2.75) is 59.3 Å². The minimum atomic E-state index is 0.326. The van der Waals surface area contributed by atoms with Crippen molar-refractivity contribution in [1.29, 1.82) is 0 Å². The van der Waals surface area contributed by atoms with Crippen LogP contribution < -0.4 is 0 Å². The molecule has 0 bridgehead atoms. The number of benzene rings is 5. The van der Waals surface area contributed by atoms with Gasteiger partial charge in [-0.05, 0) is 92.1 Å². The van der Waals surface area contributed by atoms with E-state index in [9.17, 15) is 0 Å². The Morgan fingerprint density at radius 3 is 1.98 bits per heavy atom. The summed E-state index contributed by atoms with van der Waals surface area (Å²) in [4.78, 5) is 4.95. The third-order valence-corrected chi connectivity index (χ3v) is 8.83. The Balaban J connectivity index is 1.43. The van der Waals surface area contributed by atoms with Crippen molar-refractivity contribution in [3.05, 3.63) is 114 Å². The summed E-state index contributed by atoms with van der Waals surface area (Å²) in [5.41, 5.74) is 10.8. The van der Waals surface area contributed by atoms with Gasteiger partial charge in [0.15, 0.2) is 0 Å². The smallest absolute Gasteiger partial charge is 0.138 e. The molecule has 0 amide bonds. The van der Waals surface area contributed by atoms with Gasteiger partial charge >= 0.3 is 0 Å². The number of pyridine rings is 1. The minimum Gasteiger partial charge on any atom is -0.456 e. The number of rotatable bonds is 5. The molecule has 7 rings (SSSR count). The Morgan fingerprint density at radius 1 is 0.524 bits per heavy atom. The van der Waals surface area contributed by atoms with Gasteiger partial charge in [0.1, 0.15) is 11.2 Å². The van der Waals surface area contributed by atoms with Gasteiger partial charge in [-0.15, -0.1) is 0 Å². The molecule has 42 heavy (non-hydrogen) atoms. The van der Waals surface area contributed by atoms with E-state index >= 15 is 0 Å². The van der Waals surface area contributed by atoms with Gasteiger partial charge in [-0.2, -0.15) is 0 Å². The number of furan rings is 1. The first-order valence-electron chi connectivity index (χ1n) is 15.2. The van der Waals surface area contributed by atoms with Crippen molar-refractivity contribution in [2.24, 2.45) is 0 Å². The van der Waals surface area contributed by atoms with Crippen LogP contribution >= 0.6 is 0 Å². The molecule has 0 aliphatic rings. The number of fused-ring (bicyclic) bond motifs is 6. The van der Waals surface area contributed by atoms with Gasteiger partial charge in [-0.3, -0.25) is 4.98 Å². The Kier molecular flexibility index (Phi) is 6.39. The van der Waals surface area contributed by atoms with Crippen molar-refractivity contribution in [2.75, 3.05) is 0 Å². The topological polar surface area (TPSA) is 26.0 Å².